The van der Waals surface area contributed by atoms with Crippen LogP contribution in [0.5, 0.6) is 0 Å². The van der Waals surface area contributed by atoms with Gasteiger partial charge in [0.1, 0.15) is 5.82 Å². The predicted molar refractivity (Wildman–Crippen MR) is 98.6 cm³/mol. The number of amides is 1. The van der Waals surface area contributed by atoms with Crippen LogP contribution >= 0.6 is 0 Å². The largest absolute Gasteiger partial charge is 0.357 e. The maximum absolute atomic E-state index is 12.2. The molecule has 0 aliphatic carbocycles. The van der Waals surface area contributed by atoms with E-state index in [4.69, 9.17) is 0 Å². The summed E-state index contributed by atoms with van der Waals surface area (Å²) in [7, 11) is 0. The summed E-state index contributed by atoms with van der Waals surface area (Å²) in [5.74, 6) is 1.73. The lowest BCUT2D eigenvalue weighted by molar-refractivity contribution is 0.0952. The molecule has 134 valence electrons. The number of nitrogens with zero attached hydrogens (tertiary/aromatic N) is 4. The lowest BCUT2D eigenvalue weighted by atomic mass is 9.99. The first kappa shape index (κ1) is 17.5. The lowest BCUT2D eigenvalue weighted by Gasteiger charge is -2.31. The van der Waals surface area contributed by atoms with Gasteiger partial charge in [-0.25, -0.2) is 9.97 Å². The van der Waals surface area contributed by atoms with Crippen LogP contribution in [0.25, 0.3) is 0 Å². The third-order valence-corrected chi connectivity index (χ3v) is 4.81. The molecule has 1 saturated heterocycles. The number of rotatable bonds is 7. The van der Waals surface area contributed by atoms with E-state index in [0.29, 0.717) is 12.1 Å². The Morgan fingerprint density at radius 1 is 1.28 bits per heavy atom. The van der Waals surface area contributed by atoms with Crippen molar-refractivity contribution in [2.75, 3.05) is 24.5 Å². The fourth-order valence-corrected chi connectivity index (χ4v) is 3.09. The van der Waals surface area contributed by atoms with E-state index < -0.39 is 0 Å². The molecular weight excluding hydrogens is 314 g/mol. The Balaban J connectivity index is 1.40. The number of imidazole rings is 1. The van der Waals surface area contributed by atoms with E-state index in [1.807, 2.05) is 29.2 Å². The van der Waals surface area contributed by atoms with Crippen LogP contribution in [0, 0.1) is 5.92 Å². The molecule has 1 aliphatic rings. The molecular formula is C19H27N5O. The highest BCUT2D eigenvalue weighted by molar-refractivity contribution is 5.94. The summed E-state index contributed by atoms with van der Waals surface area (Å²) in [4.78, 5) is 23.0. The van der Waals surface area contributed by atoms with Crippen molar-refractivity contribution >= 4 is 11.7 Å². The zero-order valence-electron chi connectivity index (χ0n) is 14.9. The Labute approximate surface area is 149 Å². The van der Waals surface area contributed by atoms with Crippen LogP contribution in [0.15, 0.2) is 37.1 Å². The van der Waals surface area contributed by atoms with Crippen LogP contribution in [-0.2, 0) is 6.54 Å². The summed E-state index contributed by atoms with van der Waals surface area (Å²) in [5, 5.41) is 2.97. The van der Waals surface area contributed by atoms with E-state index in [2.05, 4.69) is 27.1 Å². The van der Waals surface area contributed by atoms with Crippen LogP contribution in [0.1, 0.15) is 43.0 Å². The van der Waals surface area contributed by atoms with Gasteiger partial charge in [0.25, 0.3) is 5.91 Å². The monoisotopic (exact) mass is 341 g/mol. The molecule has 0 aromatic carbocycles. The van der Waals surface area contributed by atoms with Gasteiger partial charge in [0.2, 0.25) is 0 Å². The first-order valence-electron chi connectivity index (χ1n) is 9.17. The highest BCUT2D eigenvalue weighted by atomic mass is 16.1. The van der Waals surface area contributed by atoms with E-state index in [9.17, 15) is 4.79 Å². The first-order valence-corrected chi connectivity index (χ1v) is 9.17. The van der Waals surface area contributed by atoms with Gasteiger partial charge in [-0.15, -0.1) is 0 Å². The van der Waals surface area contributed by atoms with Crippen molar-refractivity contribution in [1.29, 1.82) is 0 Å². The topological polar surface area (TPSA) is 63.1 Å². The van der Waals surface area contributed by atoms with Crippen LogP contribution in [-0.4, -0.2) is 40.1 Å². The average molecular weight is 341 g/mol. The zero-order valence-corrected chi connectivity index (χ0v) is 14.9. The van der Waals surface area contributed by atoms with Crippen molar-refractivity contribution in [1.82, 2.24) is 19.9 Å². The van der Waals surface area contributed by atoms with Crippen LogP contribution in [0.2, 0.25) is 0 Å². The molecule has 0 bridgehead atoms. The molecule has 1 fully saturated rings. The predicted octanol–water partition coefficient (Wildman–Crippen LogP) is 2.72. The molecule has 0 atom stereocenters. The number of unbranched alkanes of at least 4 members (excludes halogenated alkanes) is 1. The minimum atomic E-state index is -0.0473. The number of aromatic nitrogens is 3. The standard InChI is InChI=1S/C19H27N5O/c1-16-6-11-24(12-7-16)18-5-4-17(14-22-18)19(25)21-8-2-3-10-23-13-9-20-15-23/h4-5,9,13-16H,2-3,6-8,10-12H2,1H3,(H,21,25). The molecule has 2 aromatic rings. The number of hydrogen-bond acceptors (Lipinski definition) is 4. The molecule has 1 amide bonds. The van der Waals surface area contributed by atoms with Crippen LogP contribution < -0.4 is 10.2 Å². The fraction of sp³-hybridized carbons (Fsp3) is 0.526. The fourth-order valence-electron chi connectivity index (χ4n) is 3.09. The number of aryl methyl sites for hydroxylation is 1. The Morgan fingerprint density at radius 3 is 2.80 bits per heavy atom. The van der Waals surface area contributed by atoms with Gasteiger partial charge in [0.15, 0.2) is 0 Å². The maximum Gasteiger partial charge on any atom is 0.252 e. The van der Waals surface area contributed by atoms with E-state index in [0.717, 1.165) is 44.2 Å². The van der Waals surface area contributed by atoms with Crippen LogP contribution in [0.4, 0.5) is 5.82 Å². The van der Waals surface area contributed by atoms with Gasteiger partial charge < -0.3 is 14.8 Å². The number of nitrogens with one attached hydrogen (secondary N) is 1. The third-order valence-electron chi connectivity index (χ3n) is 4.81. The molecule has 0 radical (unpaired) electrons. The summed E-state index contributed by atoms with van der Waals surface area (Å²) >= 11 is 0. The highest BCUT2D eigenvalue weighted by Crippen LogP contribution is 2.21. The van der Waals surface area contributed by atoms with E-state index in [-0.39, 0.29) is 5.91 Å². The minimum absolute atomic E-state index is 0.0473. The Hall–Kier alpha value is -2.37. The molecule has 3 rings (SSSR count). The zero-order chi connectivity index (χ0) is 17.5. The molecule has 0 spiro atoms. The summed E-state index contributed by atoms with van der Waals surface area (Å²) in [6.45, 7) is 6.01. The molecule has 3 heterocycles. The number of hydrogen-bond donors (Lipinski definition) is 1. The number of anilines is 1. The van der Waals surface area contributed by atoms with E-state index >= 15 is 0 Å². The summed E-state index contributed by atoms with van der Waals surface area (Å²) in [6.07, 6.45) is 11.6. The van der Waals surface area contributed by atoms with E-state index in [1.165, 1.54) is 12.8 Å². The number of carbonyl (C=O) groups excluding carboxylic acids is 1. The van der Waals surface area contributed by atoms with Crippen molar-refractivity contribution in [3.63, 3.8) is 0 Å². The molecule has 2 aromatic heterocycles. The molecule has 1 aliphatic heterocycles. The molecule has 0 saturated carbocycles. The molecule has 1 N–H and O–H groups in total. The number of piperidine rings is 1. The minimum Gasteiger partial charge on any atom is -0.357 e. The second-order valence-electron chi connectivity index (χ2n) is 6.84. The lowest BCUT2D eigenvalue weighted by Crippen LogP contribution is -2.33. The van der Waals surface area contributed by atoms with Gasteiger partial charge in [0.05, 0.1) is 11.9 Å². The quantitative estimate of drug-likeness (QED) is 0.787. The molecule has 0 unspecified atom stereocenters. The van der Waals surface area contributed by atoms with E-state index in [1.54, 1.807) is 12.4 Å². The smallest absolute Gasteiger partial charge is 0.252 e. The summed E-state index contributed by atoms with van der Waals surface area (Å²) in [6, 6.07) is 3.84. The summed E-state index contributed by atoms with van der Waals surface area (Å²) < 4.78 is 2.05. The normalized spacial score (nSPS) is 15.3. The third kappa shape index (κ3) is 5.05. The van der Waals surface area contributed by atoms with Crippen LogP contribution in [0.3, 0.4) is 0 Å². The average Bonchev–Trinajstić information content (AvgIpc) is 3.15. The second-order valence-corrected chi connectivity index (χ2v) is 6.84. The Kier molecular flexibility index (Phi) is 6.04. The number of pyridine rings is 1. The van der Waals surface area contributed by atoms with Crippen molar-refractivity contribution < 1.29 is 4.79 Å². The summed E-state index contributed by atoms with van der Waals surface area (Å²) in [5.41, 5.74) is 0.628. The van der Waals surface area contributed by atoms with Gasteiger partial charge in [-0.3, -0.25) is 4.79 Å². The first-order chi connectivity index (χ1) is 12.2. The maximum atomic E-state index is 12.2. The molecule has 6 heteroatoms. The van der Waals surface area contributed by atoms with Gasteiger partial charge in [-0.2, -0.15) is 0 Å². The number of carbonyl (C=O) groups is 1. The van der Waals surface area contributed by atoms with Crippen molar-refractivity contribution in [2.45, 2.75) is 39.2 Å². The van der Waals surface area contributed by atoms with Crippen molar-refractivity contribution in [2.24, 2.45) is 5.92 Å². The SMILES string of the molecule is CC1CCN(c2ccc(C(=O)NCCCCn3ccnc3)cn2)CC1. The van der Waals surface area contributed by atoms with Crippen molar-refractivity contribution in [3.8, 4) is 0 Å². The molecule has 25 heavy (non-hydrogen) atoms. The van der Waals surface area contributed by atoms with Crippen molar-refractivity contribution in [3.05, 3.63) is 42.6 Å². The highest BCUT2D eigenvalue weighted by Gasteiger charge is 2.17. The van der Waals surface area contributed by atoms with Gasteiger partial charge in [0, 0.05) is 44.8 Å². The van der Waals surface area contributed by atoms with Gasteiger partial charge in [-0.05, 0) is 43.7 Å². The Morgan fingerprint density at radius 2 is 2.12 bits per heavy atom. The Bertz CT molecular complexity index is 645. The molecule has 6 nitrogen and oxygen atoms in total. The van der Waals surface area contributed by atoms with Gasteiger partial charge in [-0.1, -0.05) is 6.92 Å². The second kappa shape index (κ2) is 8.65. The van der Waals surface area contributed by atoms with Gasteiger partial charge >= 0.3 is 0 Å².